The zero-order valence-corrected chi connectivity index (χ0v) is 13.1. The van der Waals surface area contributed by atoms with Crippen molar-refractivity contribution in [3.05, 3.63) is 46.7 Å². The molecule has 0 saturated heterocycles. The summed E-state index contributed by atoms with van der Waals surface area (Å²) < 4.78 is 28.0. The van der Waals surface area contributed by atoms with Crippen LogP contribution in [0.25, 0.3) is 0 Å². The lowest BCUT2D eigenvalue weighted by Gasteiger charge is -2.18. The molecule has 0 aliphatic rings. The summed E-state index contributed by atoms with van der Waals surface area (Å²) in [5, 5.41) is 4.48. The minimum atomic E-state index is -3.57. The SMILES string of the molecule is Cc1c(Cl)cccc1S(=O)(=O)N(C)Cc1cnn(C)c1. The Hall–Kier alpha value is -1.37. The molecule has 5 nitrogen and oxygen atoms in total. The van der Waals surface area contributed by atoms with Gasteiger partial charge in [0, 0.05) is 37.4 Å². The van der Waals surface area contributed by atoms with Crippen LogP contribution in [0, 0.1) is 6.92 Å². The predicted octanol–water partition coefficient (Wildman–Crippen LogP) is 2.20. The third-order valence-corrected chi connectivity index (χ3v) is 5.43. The molecular weight excluding hydrogens is 298 g/mol. The van der Waals surface area contributed by atoms with Gasteiger partial charge < -0.3 is 0 Å². The second-order valence-corrected chi connectivity index (χ2v) is 7.07. The molecule has 0 aliphatic carbocycles. The molecule has 7 heteroatoms. The summed E-state index contributed by atoms with van der Waals surface area (Å²) >= 11 is 5.99. The fraction of sp³-hybridized carbons (Fsp3) is 0.308. The van der Waals surface area contributed by atoms with Gasteiger partial charge in [-0.25, -0.2) is 8.42 Å². The van der Waals surface area contributed by atoms with Crippen molar-refractivity contribution in [3.63, 3.8) is 0 Å². The summed E-state index contributed by atoms with van der Waals surface area (Å²) in [6.07, 6.45) is 3.44. The highest BCUT2D eigenvalue weighted by atomic mass is 35.5. The van der Waals surface area contributed by atoms with E-state index in [1.165, 1.54) is 4.31 Å². The Kier molecular flexibility index (Phi) is 4.17. The summed E-state index contributed by atoms with van der Waals surface area (Å²) in [4.78, 5) is 0.233. The summed E-state index contributed by atoms with van der Waals surface area (Å²) in [6.45, 7) is 1.97. The first-order valence-corrected chi connectivity index (χ1v) is 7.83. The number of rotatable bonds is 4. The number of nitrogens with zero attached hydrogens (tertiary/aromatic N) is 3. The Morgan fingerprint density at radius 2 is 2.10 bits per heavy atom. The Morgan fingerprint density at radius 3 is 2.70 bits per heavy atom. The van der Waals surface area contributed by atoms with E-state index >= 15 is 0 Å². The second-order valence-electron chi connectivity index (χ2n) is 4.65. The third kappa shape index (κ3) is 2.87. The highest BCUT2D eigenvalue weighted by molar-refractivity contribution is 7.89. The van der Waals surface area contributed by atoms with Gasteiger partial charge in [0.1, 0.15) is 0 Å². The Morgan fingerprint density at radius 1 is 1.40 bits per heavy atom. The molecule has 0 fully saturated rings. The smallest absolute Gasteiger partial charge is 0.243 e. The molecule has 0 unspecified atom stereocenters. The van der Waals surface area contributed by atoms with Crippen LogP contribution in [-0.2, 0) is 23.6 Å². The predicted molar refractivity (Wildman–Crippen MR) is 78.0 cm³/mol. The van der Waals surface area contributed by atoms with Crippen molar-refractivity contribution in [2.24, 2.45) is 7.05 Å². The van der Waals surface area contributed by atoms with Crippen molar-refractivity contribution < 1.29 is 8.42 Å². The topological polar surface area (TPSA) is 55.2 Å². The number of hydrogen-bond donors (Lipinski definition) is 0. The first-order chi connectivity index (χ1) is 9.32. The summed E-state index contributed by atoms with van der Waals surface area (Å²) in [6, 6.07) is 4.88. The molecule has 0 spiro atoms. The lowest BCUT2D eigenvalue weighted by atomic mass is 10.2. The van der Waals surface area contributed by atoms with Gasteiger partial charge in [-0.3, -0.25) is 4.68 Å². The summed E-state index contributed by atoms with van der Waals surface area (Å²) in [5.74, 6) is 0. The zero-order valence-electron chi connectivity index (χ0n) is 11.5. The molecule has 20 heavy (non-hydrogen) atoms. The largest absolute Gasteiger partial charge is 0.275 e. The van der Waals surface area contributed by atoms with Gasteiger partial charge in [0.15, 0.2) is 0 Å². The number of hydrogen-bond acceptors (Lipinski definition) is 3. The van der Waals surface area contributed by atoms with Gasteiger partial charge in [0.2, 0.25) is 10.0 Å². The number of benzene rings is 1. The van der Waals surface area contributed by atoms with E-state index in [1.54, 1.807) is 56.3 Å². The fourth-order valence-corrected chi connectivity index (χ4v) is 3.56. The maximum atomic E-state index is 12.6. The van der Waals surface area contributed by atoms with E-state index in [0.717, 1.165) is 5.56 Å². The van der Waals surface area contributed by atoms with E-state index < -0.39 is 10.0 Å². The molecule has 2 rings (SSSR count). The molecule has 0 atom stereocenters. The molecule has 0 N–H and O–H groups in total. The maximum Gasteiger partial charge on any atom is 0.243 e. The van der Waals surface area contributed by atoms with Gasteiger partial charge in [-0.15, -0.1) is 0 Å². The normalized spacial score (nSPS) is 12.1. The molecule has 2 aromatic rings. The molecule has 0 radical (unpaired) electrons. The third-order valence-electron chi connectivity index (χ3n) is 3.07. The Labute approximate surface area is 123 Å². The van der Waals surface area contributed by atoms with Gasteiger partial charge in [-0.1, -0.05) is 17.7 Å². The molecule has 1 aromatic heterocycles. The quantitative estimate of drug-likeness (QED) is 0.869. The van der Waals surface area contributed by atoms with Crippen molar-refractivity contribution in [1.82, 2.24) is 14.1 Å². The van der Waals surface area contributed by atoms with Crippen molar-refractivity contribution in [2.45, 2.75) is 18.4 Å². The monoisotopic (exact) mass is 313 g/mol. The Balaban J connectivity index is 2.32. The highest BCUT2D eigenvalue weighted by Crippen LogP contribution is 2.25. The lowest BCUT2D eigenvalue weighted by molar-refractivity contribution is 0.466. The van der Waals surface area contributed by atoms with Crippen LogP contribution in [0.1, 0.15) is 11.1 Å². The highest BCUT2D eigenvalue weighted by Gasteiger charge is 2.23. The zero-order chi connectivity index (χ0) is 14.9. The van der Waals surface area contributed by atoms with Crippen LogP contribution in [-0.4, -0.2) is 29.6 Å². The van der Waals surface area contributed by atoms with Crippen LogP contribution in [0.5, 0.6) is 0 Å². The molecule has 1 aromatic carbocycles. The minimum absolute atomic E-state index is 0.233. The molecule has 0 aliphatic heterocycles. The molecule has 0 bridgehead atoms. The minimum Gasteiger partial charge on any atom is -0.275 e. The van der Waals surface area contributed by atoms with Crippen LogP contribution in [0.3, 0.4) is 0 Å². The first-order valence-electron chi connectivity index (χ1n) is 6.01. The van der Waals surface area contributed by atoms with E-state index in [1.807, 2.05) is 0 Å². The van der Waals surface area contributed by atoms with Gasteiger partial charge in [0.25, 0.3) is 0 Å². The lowest BCUT2D eigenvalue weighted by Crippen LogP contribution is -2.27. The molecule has 0 amide bonds. The van der Waals surface area contributed by atoms with Crippen molar-refractivity contribution in [3.8, 4) is 0 Å². The van der Waals surface area contributed by atoms with E-state index in [-0.39, 0.29) is 11.4 Å². The van der Waals surface area contributed by atoms with Gasteiger partial charge >= 0.3 is 0 Å². The summed E-state index contributed by atoms with van der Waals surface area (Å²) in [5.41, 5.74) is 1.39. The maximum absolute atomic E-state index is 12.6. The average Bonchev–Trinajstić information content (AvgIpc) is 2.78. The van der Waals surface area contributed by atoms with Crippen LogP contribution in [0.15, 0.2) is 35.5 Å². The van der Waals surface area contributed by atoms with E-state index in [2.05, 4.69) is 5.10 Å². The first kappa shape index (κ1) is 15.0. The van der Waals surface area contributed by atoms with Gasteiger partial charge in [-0.05, 0) is 24.6 Å². The standard InChI is InChI=1S/C13H16ClN3O2S/c1-10-12(14)5-4-6-13(10)20(18,19)17(3)9-11-7-15-16(2)8-11/h4-8H,9H2,1-3H3. The van der Waals surface area contributed by atoms with E-state index in [9.17, 15) is 8.42 Å². The van der Waals surface area contributed by atoms with Crippen LogP contribution >= 0.6 is 11.6 Å². The second kappa shape index (κ2) is 5.55. The number of sulfonamides is 1. The number of aromatic nitrogens is 2. The van der Waals surface area contributed by atoms with Gasteiger partial charge in [-0.2, -0.15) is 9.40 Å². The number of halogens is 1. The van der Waals surface area contributed by atoms with Crippen LogP contribution < -0.4 is 0 Å². The van der Waals surface area contributed by atoms with E-state index in [4.69, 9.17) is 11.6 Å². The fourth-order valence-electron chi connectivity index (χ4n) is 1.93. The molecule has 108 valence electrons. The average molecular weight is 314 g/mol. The molecule has 0 saturated carbocycles. The Bertz CT molecular complexity index is 725. The summed E-state index contributed by atoms with van der Waals surface area (Å²) in [7, 11) is -0.234. The van der Waals surface area contributed by atoms with Crippen molar-refractivity contribution in [1.29, 1.82) is 0 Å². The molecule has 1 heterocycles. The van der Waals surface area contributed by atoms with Crippen molar-refractivity contribution in [2.75, 3.05) is 7.05 Å². The van der Waals surface area contributed by atoms with Crippen molar-refractivity contribution >= 4 is 21.6 Å². The van der Waals surface area contributed by atoms with E-state index in [0.29, 0.717) is 10.6 Å². The molecular formula is C13H16ClN3O2S. The van der Waals surface area contributed by atoms with Crippen LogP contribution in [0.2, 0.25) is 5.02 Å². The van der Waals surface area contributed by atoms with Gasteiger partial charge in [0.05, 0.1) is 11.1 Å². The van der Waals surface area contributed by atoms with Crippen LogP contribution in [0.4, 0.5) is 0 Å². The number of aryl methyl sites for hydroxylation is 1.